The summed E-state index contributed by atoms with van der Waals surface area (Å²) >= 11 is 0. The second-order valence-corrected chi connectivity index (χ2v) is 3.80. The van der Waals surface area contributed by atoms with Crippen molar-refractivity contribution in [2.45, 2.75) is 19.8 Å². The number of carbonyl (C=O) groups is 1. The Morgan fingerprint density at radius 2 is 2.06 bits per heavy atom. The van der Waals surface area contributed by atoms with Gasteiger partial charge in [-0.15, -0.1) is 0 Å². The normalized spacial score (nSPS) is 14.2. The number of hydrogen-bond acceptors (Lipinski definition) is 2. The van der Waals surface area contributed by atoms with Crippen LogP contribution in [0.1, 0.15) is 25.3 Å². The maximum Gasteiger partial charge on any atom is 0.306 e. The molecule has 2 unspecified atom stereocenters. The van der Waals surface area contributed by atoms with E-state index in [0.717, 1.165) is 0 Å². The summed E-state index contributed by atoms with van der Waals surface area (Å²) in [6.07, 6.45) is 0. The van der Waals surface area contributed by atoms with E-state index in [2.05, 4.69) is 0 Å². The van der Waals surface area contributed by atoms with Crippen molar-refractivity contribution >= 4 is 5.97 Å². The topological polar surface area (TPSA) is 46.5 Å². The van der Waals surface area contributed by atoms with Crippen LogP contribution in [0.15, 0.2) is 18.2 Å². The van der Waals surface area contributed by atoms with Crippen LogP contribution in [0.2, 0.25) is 0 Å². The van der Waals surface area contributed by atoms with Gasteiger partial charge in [-0.2, -0.15) is 0 Å². The van der Waals surface area contributed by atoms with Crippen LogP contribution in [-0.2, 0) is 4.79 Å². The van der Waals surface area contributed by atoms with Gasteiger partial charge in [0.15, 0.2) is 0 Å². The molecule has 0 saturated heterocycles. The summed E-state index contributed by atoms with van der Waals surface area (Å²) in [5, 5.41) is 8.86. The zero-order valence-electron chi connectivity index (χ0n) is 9.53. The standard InChI is InChI=1S/C12H15FO3/c1-7(8(2)12(14)15)10-5-4-9(16-3)6-11(10)13/h4-8H,1-3H3,(H,14,15). The van der Waals surface area contributed by atoms with Crippen molar-refractivity contribution in [3.8, 4) is 5.75 Å². The predicted molar refractivity (Wildman–Crippen MR) is 58.2 cm³/mol. The van der Waals surface area contributed by atoms with Gasteiger partial charge in [-0.25, -0.2) is 4.39 Å². The van der Waals surface area contributed by atoms with E-state index in [9.17, 15) is 9.18 Å². The molecule has 0 spiro atoms. The Morgan fingerprint density at radius 1 is 1.44 bits per heavy atom. The summed E-state index contributed by atoms with van der Waals surface area (Å²) < 4.78 is 18.5. The second-order valence-electron chi connectivity index (χ2n) is 3.80. The molecule has 0 radical (unpaired) electrons. The first-order valence-electron chi connectivity index (χ1n) is 5.03. The van der Waals surface area contributed by atoms with E-state index < -0.39 is 17.7 Å². The van der Waals surface area contributed by atoms with Gasteiger partial charge in [0.25, 0.3) is 0 Å². The fourth-order valence-corrected chi connectivity index (χ4v) is 1.49. The first-order chi connectivity index (χ1) is 7.47. The largest absolute Gasteiger partial charge is 0.497 e. The monoisotopic (exact) mass is 226 g/mol. The van der Waals surface area contributed by atoms with Crippen LogP contribution in [0.3, 0.4) is 0 Å². The van der Waals surface area contributed by atoms with Crippen LogP contribution < -0.4 is 4.74 Å². The average molecular weight is 226 g/mol. The van der Waals surface area contributed by atoms with Crippen LogP contribution >= 0.6 is 0 Å². The fraction of sp³-hybridized carbons (Fsp3) is 0.417. The van der Waals surface area contributed by atoms with Gasteiger partial charge < -0.3 is 9.84 Å². The van der Waals surface area contributed by atoms with Gasteiger partial charge in [0, 0.05) is 6.07 Å². The highest BCUT2D eigenvalue weighted by Crippen LogP contribution is 2.28. The highest BCUT2D eigenvalue weighted by Gasteiger charge is 2.23. The minimum atomic E-state index is -0.928. The third-order valence-corrected chi connectivity index (χ3v) is 2.84. The van der Waals surface area contributed by atoms with Gasteiger partial charge in [-0.3, -0.25) is 4.79 Å². The van der Waals surface area contributed by atoms with Crippen molar-refractivity contribution in [2.75, 3.05) is 7.11 Å². The predicted octanol–water partition coefficient (Wildman–Crippen LogP) is 2.66. The zero-order valence-corrected chi connectivity index (χ0v) is 9.53. The van der Waals surface area contributed by atoms with Crippen molar-refractivity contribution < 1.29 is 19.0 Å². The lowest BCUT2D eigenvalue weighted by Gasteiger charge is -2.17. The quantitative estimate of drug-likeness (QED) is 0.858. The summed E-state index contributed by atoms with van der Waals surface area (Å²) in [5.74, 6) is -1.93. The molecule has 0 saturated carbocycles. The number of rotatable bonds is 4. The van der Waals surface area contributed by atoms with Gasteiger partial charge in [0.2, 0.25) is 0 Å². The Morgan fingerprint density at radius 3 is 2.50 bits per heavy atom. The maximum atomic E-state index is 13.6. The second kappa shape index (κ2) is 4.96. The van der Waals surface area contributed by atoms with Gasteiger partial charge >= 0.3 is 5.97 Å². The number of benzene rings is 1. The molecule has 0 fully saturated rings. The molecule has 1 aromatic carbocycles. The first-order valence-corrected chi connectivity index (χ1v) is 5.03. The first kappa shape index (κ1) is 12.5. The SMILES string of the molecule is COc1ccc(C(C)C(C)C(=O)O)c(F)c1. The number of methoxy groups -OCH3 is 1. The van der Waals surface area contributed by atoms with E-state index in [1.807, 2.05) is 0 Å². The van der Waals surface area contributed by atoms with Gasteiger partial charge in [0.1, 0.15) is 11.6 Å². The maximum absolute atomic E-state index is 13.6. The fourth-order valence-electron chi connectivity index (χ4n) is 1.49. The molecule has 0 aromatic heterocycles. The van der Waals surface area contributed by atoms with E-state index in [0.29, 0.717) is 11.3 Å². The number of carboxylic acid groups (broad SMARTS) is 1. The van der Waals surface area contributed by atoms with Crippen LogP contribution in [0, 0.1) is 11.7 Å². The number of halogens is 1. The Labute approximate surface area is 93.9 Å². The van der Waals surface area contributed by atoms with Crippen LogP contribution in [0.25, 0.3) is 0 Å². The molecule has 0 bridgehead atoms. The summed E-state index contributed by atoms with van der Waals surface area (Å²) in [4.78, 5) is 10.8. The highest BCUT2D eigenvalue weighted by atomic mass is 19.1. The van der Waals surface area contributed by atoms with Crippen LogP contribution in [0.4, 0.5) is 4.39 Å². The number of aliphatic carboxylic acids is 1. The smallest absolute Gasteiger partial charge is 0.306 e. The molecule has 0 amide bonds. The van der Waals surface area contributed by atoms with E-state index in [1.165, 1.54) is 13.2 Å². The highest BCUT2D eigenvalue weighted by molar-refractivity contribution is 5.70. The third-order valence-electron chi connectivity index (χ3n) is 2.84. The molecule has 16 heavy (non-hydrogen) atoms. The van der Waals surface area contributed by atoms with Gasteiger partial charge in [-0.1, -0.05) is 19.9 Å². The summed E-state index contributed by atoms with van der Waals surface area (Å²) in [6, 6.07) is 4.46. The molecule has 3 nitrogen and oxygen atoms in total. The Bertz CT molecular complexity index is 390. The minimum Gasteiger partial charge on any atom is -0.497 e. The lowest BCUT2D eigenvalue weighted by atomic mass is 9.88. The summed E-state index contributed by atoms with van der Waals surface area (Å²) in [6.45, 7) is 3.26. The molecule has 0 aliphatic heterocycles. The van der Waals surface area contributed by atoms with Gasteiger partial charge in [-0.05, 0) is 17.5 Å². The lowest BCUT2D eigenvalue weighted by molar-refractivity contribution is -0.141. The molecule has 1 aromatic rings. The van der Waals surface area contributed by atoms with E-state index in [-0.39, 0.29) is 5.92 Å². The average Bonchev–Trinajstić information content (AvgIpc) is 2.26. The zero-order chi connectivity index (χ0) is 12.3. The van der Waals surface area contributed by atoms with Crippen molar-refractivity contribution in [3.63, 3.8) is 0 Å². The molecule has 0 aliphatic rings. The third kappa shape index (κ3) is 2.51. The van der Waals surface area contributed by atoms with Crippen molar-refractivity contribution in [2.24, 2.45) is 5.92 Å². The van der Waals surface area contributed by atoms with Crippen molar-refractivity contribution in [1.82, 2.24) is 0 Å². The molecule has 1 rings (SSSR count). The summed E-state index contributed by atoms with van der Waals surface area (Å²) in [7, 11) is 1.46. The van der Waals surface area contributed by atoms with E-state index in [4.69, 9.17) is 9.84 Å². The van der Waals surface area contributed by atoms with Crippen LogP contribution in [0.5, 0.6) is 5.75 Å². The molecule has 88 valence electrons. The molecule has 0 heterocycles. The van der Waals surface area contributed by atoms with E-state index in [1.54, 1.807) is 26.0 Å². The molecular weight excluding hydrogens is 211 g/mol. The lowest BCUT2D eigenvalue weighted by Crippen LogP contribution is -2.17. The van der Waals surface area contributed by atoms with E-state index >= 15 is 0 Å². The van der Waals surface area contributed by atoms with Crippen molar-refractivity contribution in [3.05, 3.63) is 29.6 Å². The molecule has 0 aliphatic carbocycles. The van der Waals surface area contributed by atoms with Crippen molar-refractivity contribution in [1.29, 1.82) is 0 Å². The number of carboxylic acids is 1. The van der Waals surface area contributed by atoms with Gasteiger partial charge in [0.05, 0.1) is 13.0 Å². The molecule has 1 N–H and O–H groups in total. The van der Waals surface area contributed by atoms with Crippen LogP contribution in [-0.4, -0.2) is 18.2 Å². The molecular formula is C12H15FO3. The molecule has 4 heteroatoms. The number of hydrogen-bond donors (Lipinski definition) is 1. The summed E-state index contributed by atoms with van der Waals surface area (Å²) in [5.41, 5.74) is 0.399. The Balaban J connectivity index is 3.00. The Kier molecular flexibility index (Phi) is 3.88. The molecule has 2 atom stereocenters. The minimum absolute atomic E-state index is 0.372. The number of ether oxygens (including phenoxy) is 1. The Hall–Kier alpha value is -1.58.